The predicted octanol–water partition coefficient (Wildman–Crippen LogP) is 3.06. The van der Waals surface area contributed by atoms with Crippen LogP contribution in [0, 0.1) is 0 Å². The zero-order chi connectivity index (χ0) is 14.3. The summed E-state index contributed by atoms with van der Waals surface area (Å²) in [6.07, 6.45) is 3.88. The summed E-state index contributed by atoms with van der Waals surface area (Å²) in [5.74, 6) is 4.96. The number of nitrogens with zero attached hydrogens (tertiary/aromatic N) is 2. The molecule has 0 amide bonds. The first kappa shape index (κ1) is 15.0. The molecule has 1 aliphatic rings. The van der Waals surface area contributed by atoms with Crippen molar-refractivity contribution in [2.75, 3.05) is 23.0 Å². The molecular formula is C16H21N3S2. The van der Waals surface area contributed by atoms with Gasteiger partial charge in [-0.05, 0) is 11.6 Å². The van der Waals surface area contributed by atoms with Crippen molar-refractivity contribution >= 4 is 23.5 Å². The third-order valence-corrected chi connectivity index (χ3v) is 6.10. The van der Waals surface area contributed by atoms with Crippen LogP contribution in [0.4, 0.5) is 0 Å². The summed E-state index contributed by atoms with van der Waals surface area (Å²) in [6, 6.07) is 13.6. The van der Waals surface area contributed by atoms with Crippen molar-refractivity contribution in [1.82, 2.24) is 15.1 Å². The highest BCUT2D eigenvalue weighted by atomic mass is 32.2. The summed E-state index contributed by atoms with van der Waals surface area (Å²) >= 11 is 4.13. The number of nitrogens with one attached hydrogen (secondary N) is 1. The Morgan fingerprint density at radius 3 is 2.57 bits per heavy atom. The lowest BCUT2D eigenvalue weighted by atomic mass is 10.1. The molecule has 3 nitrogen and oxygen atoms in total. The zero-order valence-corrected chi connectivity index (χ0v) is 13.7. The highest BCUT2D eigenvalue weighted by Crippen LogP contribution is 2.21. The number of rotatable bonds is 5. The molecule has 1 aliphatic heterocycles. The molecule has 21 heavy (non-hydrogen) atoms. The van der Waals surface area contributed by atoms with E-state index < -0.39 is 0 Å². The molecule has 1 aromatic carbocycles. The van der Waals surface area contributed by atoms with Crippen LogP contribution >= 0.6 is 23.5 Å². The highest BCUT2D eigenvalue weighted by Gasteiger charge is 2.19. The molecule has 2 heterocycles. The molecule has 1 atom stereocenters. The summed E-state index contributed by atoms with van der Waals surface area (Å²) in [6.45, 7) is 0.878. The average molecular weight is 319 g/mol. The van der Waals surface area contributed by atoms with Gasteiger partial charge in [0.25, 0.3) is 0 Å². The van der Waals surface area contributed by atoms with Crippen molar-refractivity contribution in [3.63, 3.8) is 0 Å². The minimum atomic E-state index is 0.315. The van der Waals surface area contributed by atoms with Crippen LogP contribution in [0.1, 0.15) is 11.6 Å². The summed E-state index contributed by atoms with van der Waals surface area (Å²) in [7, 11) is 0. The molecule has 5 heteroatoms. The van der Waals surface area contributed by atoms with Crippen molar-refractivity contribution < 1.29 is 0 Å². The fourth-order valence-corrected chi connectivity index (χ4v) is 4.96. The van der Waals surface area contributed by atoms with Gasteiger partial charge in [-0.1, -0.05) is 30.3 Å². The standard InChI is InChI=1S/C16H21N3S2/c1-2-5-14(6-3-1)16(11-19-8-4-7-17-19)18-15-12-20-9-10-21-13-15/h1-8,15-16,18H,9-13H2. The zero-order valence-electron chi connectivity index (χ0n) is 12.0. The fraction of sp³-hybridized carbons (Fsp3) is 0.438. The molecule has 1 saturated heterocycles. The first-order valence-corrected chi connectivity index (χ1v) is 9.66. The van der Waals surface area contributed by atoms with Gasteiger partial charge in [0.1, 0.15) is 0 Å². The Morgan fingerprint density at radius 1 is 1.14 bits per heavy atom. The van der Waals surface area contributed by atoms with Gasteiger partial charge in [-0.2, -0.15) is 28.6 Å². The number of hydrogen-bond acceptors (Lipinski definition) is 4. The van der Waals surface area contributed by atoms with E-state index in [2.05, 4.69) is 64.3 Å². The highest BCUT2D eigenvalue weighted by molar-refractivity contribution is 8.03. The molecule has 0 radical (unpaired) electrons. The van der Waals surface area contributed by atoms with Gasteiger partial charge in [-0.25, -0.2) is 0 Å². The van der Waals surface area contributed by atoms with Crippen molar-refractivity contribution in [2.45, 2.75) is 18.6 Å². The van der Waals surface area contributed by atoms with E-state index in [1.165, 1.54) is 28.6 Å². The maximum Gasteiger partial charge on any atom is 0.0604 e. The van der Waals surface area contributed by atoms with Gasteiger partial charge >= 0.3 is 0 Å². The third kappa shape index (κ3) is 4.53. The summed E-state index contributed by atoms with van der Waals surface area (Å²) in [5.41, 5.74) is 1.34. The van der Waals surface area contributed by atoms with Crippen LogP contribution in [-0.2, 0) is 6.54 Å². The molecule has 3 rings (SSSR count). The number of thioether (sulfide) groups is 2. The van der Waals surface area contributed by atoms with Crippen LogP contribution in [0.3, 0.4) is 0 Å². The summed E-state index contributed by atoms with van der Waals surface area (Å²) < 4.78 is 2.02. The van der Waals surface area contributed by atoms with Crippen molar-refractivity contribution in [3.05, 3.63) is 54.4 Å². The first-order chi connectivity index (χ1) is 10.4. The molecular weight excluding hydrogens is 298 g/mol. The molecule has 0 spiro atoms. The molecule has 1 N–H and O–H groups in total. The smallest absolute Gasteiger partial charge is 0.0604 e. The lowest BCUT2D eigenvalue weighted by Crippen LogP contribution is -2.38. The summed E-state index contributed by atoms with van der Waals surface area (Å²) in [5, 5.41) is 8.21. The number of aromatic nitrogens is 2. The number of hydrogen-bond donors (Lipinski definition) is 1. The van der Waals surface area contributed by atoms with Crippen LogP contribution in [0.15, 0.2) is 48.8 Å². The van der Waals surface area contributed by atoms with E-state index in [1.807, 2.05) is 23.1 Å². The van der Waals surface area contributed by atoms with E-state index in [-0.39, 0.29) is 0 Å². The summed E-state index contributed by atoms with van der Waals surface area (Å²) in [4.78, 5) is 0. The van der Waals surface area contributed by atoms with Gasteiger partial charge in [0.15, 0.2) is 0 Å². The Labute approximate surface area is 134 Å². The van der Waals surface area contributed by atoms with Gasteiger partial charge in [-0.3, -0.25) is 4.68 Å². The fourth-order valence-electron chi connectivity index (χ4n) is 2.53. The largest absolute Gasteiger partial charge is 0.304 e. The van der Waals surface area contributed by atoms with E-state index in [4.69, 9.17) is 0 Å². The monoisotopic (exact) mass is 319 g/mol. The van der Waals surface area contributed by atoms with Crippen LogP contribution in [0.5, 0.6) is 0 Å². The second kappa shape index (κ2) is 7.92. The first-order valence-electron chi connectivity index (χ1n) is 7.36. The Balaban J connectivity index is 1.72. The topological polar surface area (TPSA) is 29.9 Å². The van der Waals surface area contributed by atoms with Gasteiger partial charge in [0, 0.05) is 41.4 Å². The minimum absolute atomic E-state index is 0.315. The molecule has 2 aromatic rings. The Morgan fingerprint density at radius 2 is 1.90 bits per heavy atom. The molecule has 1 aromatic heterocycles. The van der Waals surface area contributed by atoms with Crippen LogP contribution < -0.4 is 5.32 Å². The molecule has 0 bridgehead atoms. The van der Waals surface area contributed by atoms with E-state index in [0.717, 1.165) is 6.54 Å². The van der Waals surface area contributed by atoms with Gasteiger partial charge in [0.05, 0.1) is 12.6 Å². The van der Waals surface area contributed by atoms with Gasteiger partial charge in [-0.15, -0.1) is 0 Å². The maximum absolute atomic E-state index is 4.36. The molecule has 112 valence electrons. The number of benzene rings is 1. The van der Waals surface area contributed by atoms with Crippen molar-refractivity contribution in [1.29, 1.82) is 0 Å². The lowest BCUT2D eigenvalue weighted by molar-refractivity contribution is 0.412. The Hall–Kier alpha value is -0.910. The average Bonchev–Trinajstić information content (AvgIpc) is 2.90. The van der Waals surface area contributed by atoms with E-state index in [9.17, 15) is 0 Å². The molecule has 1 unspecified atom stereocenters. The molecule has 0 saturated carbocycles. The van der Waals surface area contributed by atoms with Crippen molar-refractivity contribution in [2.24, 2.45) is 0 Å². The Kier molecular flexibility index (Phi) is 5.66. The molecule has 0 aliphatic carbocycles. The van der Waals surface area contributed by atoms with Crippen LogP contribution in [0.2, 0.25) is 0 Å². The quantitative estimate of drug-likeness (QED) is 0.917. The third-order valence-electron chi connectivity index (χ3n) is 3.58. The van der Waals surface area contributed by atoms with E-state index in [0.29, 0.717) is 12.1 Å². The molecule has 1 fully saturated rings. The Bertz CT molecular complexity index is 508. The van der Waals surface area contributed by atoms with Crippen molar-refractivity contribution in [3.8, 4) is 0 Å². The van der Waals surface area contributed by atoms with E-state index >= 15 is 0 Å². The van der Waals surface area contributed by atoms with Crippen LogP contribution in [0.25, 0.3) is 0 Å². The van der Waals surface area contributed by atoms with Gasteiger partial charge < -0.3 is 5.32 Å². The van der Waals surface area contributed by atoms with E-state index in [1.54, 1.807) is 0 Å². The SMILES string of the molecule is c1ccc(C(Cn2cccn2)NC2CSCCSC2)cc1. The minimum Gasteiger partial charge on any atom is -0.304 e. The normalized spacial score (nSPS) is 18.3. The predicted molar refractivity (Wildman–Crippen MR) is 93.0 cm³/mol. The second-order valence-corrected chi connectivity index (χ2v) is 7.50. The van der Waals surface area contributed by atoms with Gasteiger partial charge in [0.2, 0.25) is 0 Å². The second-order valence-electron chi connectivity index (χ2n) is 5.20. The lowest BCUT2D eigenvalue weighted by Gasteiger charge is -2.25. The maximum atomic E-state index is 4.36. The van der Waals surface area contributed by atoms with Crippen LogP contribution in [-0.4, -0.2) is 38.8 Å².